The number of pyridine rings is 1. The number of rotatable bonds is 5. The van der Waals surface area contributed by atoms with E-state index in [0.29, 0.717) is 41.7 Å². The van der Waals surface area contributed by atoms with Gasteiger partial charge in [-0.1, -0.05) is 11.6 Å². The minimum absolute atomic E-state index is 0.0380. The topological polar surface area (TPSA) is 113 Å². The van der Waals surface area contributed by atoms with Gasteiger partial charge in [0.1, 0.15) is 5.65 Å². The Morgan fingerprint density at radius 1 is 1.38 bits per heavy atom. The molecule has 0 radical (unpaired) electrons. The Kier molecular flexibility index (Phi) is 6.50. The van der Waals surface area contributed by atoms with Gasteiger partial charge in [-0.05, 0) is 31.7 Å². The van der Waals surface area contributed by atoms with E-state index in [-0.39, 0.29) is 18.3 Å². The monoisotopic (exact) mass is 460 g/mol. The quantitative estimate of drug-likeness (QED) is 0.444. The number of anilines is 1. The van der Waals surface area contributed by atoms with Crippen molar-refractivity contribution in [1.82, 2.24) is 24.8 Å². The van der Waals surface area contributed by atoms with Crippen molar-refractivity contribution in [2.45, 2.75) is 19.8 Å². The van der Waals surface area contributed by atoms with Crippen LogP contribution < -0.4 is 5.32 Å². The maximum absolute atomic E-state index is 14.4. The molecule has 32 heavy (non-hydrogen) atoms. The molecule has 0 aliphatic carbocycles. The second-order valence-corrected chi connectivity index (χ2v) is 7.94. The average molecular weight is 461 g/mol. The van der Waals surface area contributed by atoms with Crippen molar-refractivity contribution in [1.29, 1.82) is 0 Å². The molecule has 1 aliphatic rings. The summed E-state index contributed by atoms with van der Waals surface area (Å²) in [5.41, 5.74) is 1.28. The summed E-state index contributed by atoms with van der Waals surface area (Å²) in [5.74, 6) is -1.64. The first-order valence-electron chi connectivity index (χ1n) is 10.3. The lowest BCUT2D eigenvalue weighted by atomic mass is 9.98. The molecule has 1 fully saturated rings. The molecule has 0 saturated carbocycles. The van der Waals surface area contributed by atoms with Gasteiger partial charge in [0.2, 0.25) is 0 Å². The molecule has 4 rings (SSSR count). The summed E-state index contributed by atoms with van der Waals surface area (Å²) in [6.07, 6.45) is 5.93. The summed E-state index contributed by atoms with van der Waals surface area (Å²) in [7, 11) is 0. The molecule has 1 atom stereocenters. The molecule has 0 unspecified atom stereocenters. The summed E-state index contributed by atoms with van der Waals surface area (Å²) in [6.45, 7) is 3.08. The predicted octanol–water partition coefficient (Wildman–Crippen LogP) is 3.03. The molecule has 0 aromatic carbocycles. The summed E-state index contributed by atoms with van der Waals surface area (Å²) >= 11 is 6.05. The van der Waals surface area contributed by atoms with Gasteiger partial charge in [0.15, 0.2) is 17.5 Å². The number of carbonyl (C=O) groups is 2. The molecule has 3 aromatic rings. The summed E-state index contributed by atoms with van der Waals surface area (Å²) in [6, 6.07) is 1.74. The van der Waals surface area contributed by atoms with Crippen molar-refractivity contribution < 1.29 is 18.7 Å². The molecular weight excluding hydrogens is 439 g/mol. The van der Waals surface area contributed by atoms with Crippen LogP contribution in [0.15, 0.2) is 24.7 Å². The third-order valence-electron chi connectivity index (χ3n) is 5.30. The van der Waals surface area contributed by atoms with Gasteiger partial charge in [0.25, 0.3) is 0 Å². The van der Waals surface area contributed by atoms with Gasteiger partial charge in [-0.2, -0.15) is 0 Å². The highest BCUT2D eigenvalue weighted by Gasteiger charge is 2.28. The van der Waals surface area contributed by atoms with Crippen molar-refractivity contribution in [2.24, 2.45) is 5.92 Å². The highest BCUT2D eigenvalue weighted by atomic mass is 35.5. The fraction of sp³-hybridized carbons (Fsp3) is 0.381. The zero-order chi connectivity index (χ0) is 22.7. The molecule has 11 heteroatoms. The third kappa shape index (κ3) is 4.64. The number of aromatic nitrogens is 4. The van der Waals surface area contributed by atoms with Gasteiger partial charge in [-0.15, -0.1) is 0 Å². The van der Waals surface area contributed by atoms with Gasteiger partial charge >= 0.3 is 11.9 Å². The van der Waals surface area contributed by atoms with Crippen LogP contribution in [0.3, 0.4) is 0 Å². The molecule has 168 valence electrons. The van der Waals surface area contributed by atoms with E-state index in [9.17, 15) is 14.0 Å². The van der Waals surface area contributed by atoms with Crippen LogP contribution >= 0.6 is 11.6 Å². The average Bonchev–Trinajstić information content (AvgIpc) is 3.21. The van der Waals surface area contributed by atoms with Crippen LogP contribution in [0.2, 0.25) is 5.02 Å². The summed E-state index contributed by atoms with van der Waals surface area (Å²) < 4.78 is 19.2. The van der Waals surface area contributed by atoms with E-state index in [1.54, 1.807) is 19.2 Å². The van der Waals surface area contributed by atoms with E-state index in [1.807, 2.05) is 0 Å². The number of nitrogens with zero attached hydrogens (tertiary/aromatic N) is 4. The number of hydrogen-bond acceptors (Lipinski definition) is 7. The van der Waals surface area contributed by atoms with Crippen LogP contribution in [0, 0.1) is 11.7 Å². The Labute approximate surface area is 188 Å². The van der Waals surface area contributed by atoms with Crippen LogP contribution in [-0.2, 0) is 14.3 Å². The molecule has 2 N–H and O–H groups in total. The largest absolute Gasteiger partial charge is 0.459 e. The smallest absolute Gasteiger partial charge is 0.397 e. The van der Waals surface area contributed by atoms with E-state index < -0.39 is 17.7 Å². The van der Waals surface area contributed by atoms with Crippen molar-refractivity contribution in [3.63, 3.8) is 0 Å². The Hall–Kier alpha value is -3.27. The number of esters is 1. The van der Waals surface area contributed by atoms with Crippen molar-refractivity contribution in [2.75, 3.05) is 31.6 Å². The maximum Gasteiger partial charge on any atom is 0.397 e. The number of ether oxygens (including phenoxy) is 1. The molecule has 1 aliphatic heterocycles. The number of hydrogen-bond donors (Lipinski definition) is 2. The Balaban J connectivity index is 1.46. The number of piperidine rings is 1. The van der Waals surface area contributed by atoms with E-state index in [4.69, 9.17) is 16.3 Å². The number of carbonyl (C=O) groups excluding carboxylic acids is 2. The summed E-state index contributed by atoms with van der Waals surface area (Å²) in [4.78, 5) is 41.1. The SMILES string of the molecule is CCOC(=O)C(=O)N1CCC[C@H](CNc2nc(-c3c[nH]c4ncc(Cl)cc34)ncc2F)C1. The third-order valence-corrected chi connectivity index (χ3v) is 5.50. The van der Waals surface area contributed by atoms with Crippen molar-refractivity contribution in [3.05, 3.63) is 35.5 Å². The zero-order valence-electron chi connectivity index (χ0n) is 17.4. The van der Waals surface area contributed by atoms with E-state index in [2.05, 4.69) is 25.3 Å². The van der Waals surface area contributed by atoms with Crippen LogP contribution in [-0.4, -0.2) is 63.0 Å². The molecule has 4 heterocycles. The number of aromatic amines is 1. The first-order valence-corrected chi connectivity index (χ1v) is 10.7. The van der Waals surface area contributed by atoms with Crippen molar-refractivity contribution in [3.8, 4) is 11.4 Å². The second kappa shape index (κ2) is 9.47. The first-order chi connectivity index (χ1) is 15.5. The van der Waals surface area contributed by atoms with Crippen LogP contribution in [0.5, 0.6) is 0 Å². The normalized spacial score (nSPS) is 16.2. The lowest BCUT2D eigenvalue weighted by Crippen LogP contribution is -2.45. The van der Waals surface area contributed by atoms with Crippen LogP contribution in [0.25, 0.3) is 22.4 Å². The second-order valence-electron chi connectivity index (χ2n) is 7.50. The predicted molar refractivity (Wildman–Crippen MR) is 117 cm³/mol. The Morgan fingerprint density at radius 3 is 3.03 bits per heavy atom. The molecule has 1 saturated heterocycles. The number of H-pyrrole nitrogens is 1. The number of halogens is 2. The number of fused-ring (bicyclic) bond motifs is 1. The van der Waals surface area contributed by atoms with Crippen LogP contribution in [0.4, 0.5) is 10.2 Å². The van der Waals surface area contributed by atoms with Gasteiger partial charge in [0, 0.05) is 43.0 Å². The fourth-order valence-corrected chi connectivity index (χ4v) is 3.92. The Morgan fingerprint density at radius 2 is 2.22 bits per heavy atom. The molecule has 1 amide bonds. The standard InChI is InChI=1S/C21H22ClFN6O3/c1-2-32-21(31)20(30)29-5-3-4-12(11-29)7-24-19-16(23)10-27-18(28-19)15-9-26-17-14(15)6-13(22)8-25-17/h6,8-10,12H,2-5,7,11H2,1H3,(H,25,26)(H,24,27,28)/t12-/m1/s1. The first kappa shape index (κ1) is 21.9. The molecule has 9 nitrogen and oxygen atoms in total. The van der Waals surface area contributed by atoms with Crippen LogP contribution in [0.1, 0.15) is 19.8 Å². The lowest BCUT2D eigenvalue weighted by Gasteiger charge is -2.32. The highest BCUT2D eigenvalue weighted by molar-refractivity contribution is 6.32. The maximum atomic E-state index is 14.4. The molecule has 0 bridgehead atoms. The Bertz CT molecular complexity index is 1150. The number of likely N-dealkylation sites (tertiary alicyclic amines) is 1. The minimum Gasteiger partial charge on any atom is -0.459 e. The fourth-order valence-electron chi connectivity index (χ4n) is 3.76. The molecule has 0 spiro atoms. The van der Waals surface area contributed by atoms with Crippen molar-refractivity contribution >= 4 is 40.3 Å². The van der Waals surface area contributed by atoms with E-state index in [0.717, 1.165) is 24.4 Å². The number of amides is 1. The van der Waals surface area contributed by atoms with Gasteiger partial charge in [-0.3, -0.25) is 4.79 Å². The highest BCUT2D eigenvalue weighted by Crippen LogP contribution is 2.28. The molecular formula is C21H22ClFN6O3. The minimum atomic E-state index is -0.846. The van der Waals surface area contributed by atoms with Gasteiger partial charge in [-0.25, -0.2) is 24.1 Å². The zero-order valence-corrected chi connectivity index (χ0v) is 18.2. The van der Waals surface area contributed by atoms with E-state index in [1.165, 1.54) is 11.1 Å². The lowest BCUT2D eigenvalue weighted by molar-refractivity contribution is -0.160. The molecule has 3 aromatic heterocycles. The van der Waals surface area contributed by atoms with Gasteiger partial charge < -0.3 is 19.9 Å². The van der Waals surface area contributed by atoms with Gasteiger partial charge in [0.05, 0.1) is 17.8 Å². The van der Waals surface area contributed by atoms with E-state index >= 15 is 0 Å². The summed E-state index contributed by atoms with van der Waals surface area (Å²) in [5, 5.41) is 4.23. The number of nitrogens with one attached hydrogen (secondary N) is 2.